The number of hydrogen-bond acceptors (Lipinski definition) is 5. The van der Waals surface area contributed by atoms with Crippen LogP contribution in [0.2, 0.25) is 0 Å². The van der Waals surface area contributed by atoms with Crippen LogP contribution in [0.25, 0.3) is 0 Å². The maximum absolute atomic E-state index is 11.9. The van der Waals surface area contributed by atoms with Gasteiger partial charge in [0.15, 0.2) is 0 Å². The van der Waals surface area contributed by atoms with Crippen molar-refractivity contribution in [2.45, 2.75) is 83.6 Å². The summed E-state index contributed by atoms with van der Waals surface area (Å²) < 4.78 is 4.83. The Bertz CT molecular complexity index is 540. The Morgan fingerprint density at radius 3 is 2.07 bits per heavy atom. The molecule has 5 nitrogen and oxygen atoms in total. The normalized spacial score (nSPS) is 11.5. The van der Waals surface area contributed by atoms with Gasteiger partial charge in [0.25, 0.3) is 0 Å². The molecule has 27 heavy (non-hydrogen) atoms. The first-order chi connectivity index (χ1) is 12.5. The molecule has 0 aliphatic carbocycles. The Labute approximate surface area is 186 Å². The van der Waals surface area contributed by atoms with Gasteiger partial charge in [0.1, 0.15) is 11.8 Å². The van der Waals surface area contributed by atoms with Crippen molar-refractivity contribution >= 4 is 11.9 Å². The molecule has 0 amide bonds. The van der Waals surface area contributed by atoms with Gasteiger partial charge in [0, 0.05) is 6.42 Å². The van der Waals surface area contributed by atoms with Gasteiger partial charge in [-0.25, -0.2) is 4.79 Å². The molecule has 0 heterocycles. The maximum Gasteiger partial charge on any atom is 1.00 e. The molecule has 0 radical (unpaired) electrons. The van der Waals surface area contributed by atoms with Crippen molar-refractivity contribution in [1.82, 2.24) is 0 Å². The van der Waals surface area contributed by atoms with E-state index in [0.29, 0.717) is 0 Å². The van der Waals surface area contributed by atoms with Crippen molar-refractivity contribution in [3.8, 4) is 5.75 Å². The maximum atomic E-state index is 11.9. The van der Waals surface area contributed by atoms with Crippen molar-refractivity contribution in [2.24, 2.45) is 5.73 Å². The quantitative estimate of drug-likeness (QED) is 0.231. The minimum atomic E-state index is -0.883. The predicted octanol–water partition coefficient (Wildman–Crippen LogP) is 1.37. The number of aromatic hydroxyl groups is 1. The van der Waals surface area contributed by atoms with Gasteiger partial charge < -0.3 is 17.0 Å². The number of ether oxygens (including phenoxy) is 1. The largest absolute Gasteiger partial charge is 1.00 e. The fourth-order valence-corrected chi connectivity index (χ4v) is 2.79. The van der Waals surface area contributed by atoms with Gasteiger partial charge in [0.05, 0.1) is 0 Å². The van der Waals surface area contributed by atoms with Crippen molar-refractivity contribution in [1.29, 1.82) is 0 Å². The Kier molecular flexibility index (Phi) is 15.6. The molecule has 0 aliphatic rings. The van der Waals surface area contributed by atoms with E-state index < -0.39 is 18.0 Å². The second kappa shape index (κ2) is 16.1. The number of esters is 2. The Balaban J connectivity index is 0. The number of phenols is 1. The zero-order valence-electron chi connectivity index (χ0n) is 17.9. The summed E-state index contributed by atoms with van der Waals surface area (Å²) in [6.45, 7) is 2.21. The summed E-state index contributed by atoms with van der Waals surface area (Å²) in [4.78, 5) is 23.6. The Morgan fingerprint density at radius 1 is 1.00 bits per heavy atom. The standard InChI is InChI=1S/C21H33NO4.Na.H/c1-2-3-4-5-6-7-8-9-10-11-20(24)26-21(25)19(22)16-17-12-14-18(23)15-13-17;;/h12-15,19,23H,2-11,16,22H2,1H3;;/q;+1;-1. The first kappa shape index (κ1) is 26.1. The van der Waals surface area contributed by atoms with Crippen LogP contribution in [0.1, 0.15) is 78.1 Å². The van der Waals surface area contributed by atoms with E-state index in [1.54, 1.807) is 12.1 Å². The number of nitrogens with two attached hydrogens (primary N) is 1. The third kappa shape index (κ3) is 13.0. The molecule has 0 fully saturated rings. The summed E-state index contributed by atoms with van der Waals surface area (Å²) in [7, 11) is 0. The Morgan fingerprint density at radius 2 is 1.52 bits per heavy atom. The smallest absolute Gasteiger partial charge is 1.00 e. The first-order valence-corrected chi connectivity index (χ1v) is 9.81. The van der Waals surface area contributed by atoms with Crippen LogP contribution in [0.5, 0.6) is 5.75 Å². The number of hydrogen-bond donors (Lipinski definition) is 2. The first-order valence-electron chi connectivity index (χ1n) is 9.81. The molecule has 0 spiro atoms. The van der Waals surface area contributed by atoms with Gasteiger partial charge in [-0.1, -0.05) is 70.4 Å². The third-order valence-corrected chi connectivity index (χ3v) is 4.39. The van der Waals surface area contributed by atoms with Crippen LogP contribution in [0.3, 0.4) is 0 Å². The summed E-state index contributed by atoms with van der Waals surface area (Å²) in [5.74, 6) is -1.04. The van der Waals surface area contributed by atoms with Crippen LogP contribution in [0, 0.1) is 0 Å². The molecule has 1 aromatic carbocycles. The van der Waals surface area contributed by atoms with Gasteiger partial charge in [-0.05, 0) is 30.5 Å². The van der Waals surface area contributed by atoms with Crippen molar-refractivity contribution in [3.63, 3.8) is 0 Å². The van der Waals surface area contributed by atoms with Gasteiger partial charge >= 0.3 is 41.5 Å². The van der Waals surface area contributed by atoms with E-state index in [0.717, 1.165) is 24.8 Å². The minimum absolute atomic E-state index is 0. The topological polar surface area (TPSA) is 89.6 Å². The fraction of sp³-hybridized carbons (Fsp3) is 0.619. The van der Waals surface area contributed by atoms with Crippen LogP contribution in [-0.4, -0.2) is 23.1 Å². The molecule has 3 N–H and O–H groups in total. The van der Waals surface area contributed by atoms with Crippen molar-refractivity contribution < 1.29 is 50.4 Å². The fourth-order valence-electron chi connectivity index (χ4n) is 2.79. The van der Waals surface area contributed by atoms with E-state index in [9.17, 15) is 14.7 Å². The van der Waals surface area contributed by atoms with Gasteiger partial charge in [0.2, 0.25) is 0 Å². The number of benzene rings is 1. The summed E-state index contributed by atoms with van der Waals surface area (Å²) in [5, 5.41) is 9.24. The van der Waals surface area contributed by atoms with Gasteiger partial charge in [-0.2, -0.15) is 0 Å². The number of unbranched alkanes of at least 4 members (excludes halogenated alkanes) is 8. The van der Waals surface area contributed by atoms with Crippen molar-refractivity contribution in [3.05, 3.63) is 29.8 Å². The zero-order chi connectivity index (χ0) is 19.2. The molecule has 1 unspecified atom stereocenters. The average molecular weight is 387 g/mol. The van der Waals surface area contributed by atoms with Gasteiger partial charge in [-0.3, -0.25) is 4.79 Å². The molecule has 148 valence electrons. The van der Waals surface area contributed by atoms with E-state index in [2.05, 4.69) is 6.92 Å². The van der Waals surface area contributed by atoms with Crippen LogP contribution in [0.15, 0.2) is 24.3 Å². The zero-order valence-corrected chi connectivity index (χ0v) is 18.9. The van der Waals surface area contributed by atoms with Gasteiger partial charge in [-0.15, -0.1) is 0 Å². The number of carbonyl (C=O) groups is 2. The molecule has 0 saturated heterocycles. The number of carbonyl (C=O) groups excluding carboxylic acids is 2. The number of rotatable bonds is 13. The van der Waals surface area contributed by atoms with E-state index >= 15 is 0 Å². The number of phenolic OH excluding ortho intramolecular Hbond substituents is 1. The van der Waals surface area contributed by atoms with Crippen molar-refractivity contribution in [2.75, 3.05) is 0 Å². The van der Waals surface area contributed by atoms with Crippen LogP contribution < -0.4 is 35.3 Å². The molecule has 6 heteroatoms. The molecule has 1 aromatic rings. The molecular weight excluding hydrogens is 353 g/mol. The summed E-state index contributed by atoms with van der Waals surface area (Å²) in [6, 6.07) is 5.55. The average Bonchev–Trinajstić information content (AvgIpc) is 2.62. The van der Waals surface area contributed by atoms with Crippen LogP contribution in [-0.2, 0) is 20.7 Å². The second-order valence-corrected chi connectivity index (χ2v) is 6.85. The molecule has 0 aromatic heterocycles. The molecular formula is C21H34NNaO4. The van der Waals surface area contributed by atoms with Crippen LogP contribution >= 0.6 is 0 Å². The van der Waals surface area contributed by atoms with E-state index in [-0.39, 0.29) is 49.6 Å². The van der Waals surface area contributed by atoms with E-state index in [1.165, 1.54) is 50.7 Å². The summed E-state index contributed by atoms with van der Waals surface area (Å²) >= 11 is 0. The molecule has 0 bridgehead atoms. The second-order valence-electron chi connectivity index (χ2n) is 6.85. The molecule has 0 aliphatic heterocycles. The van der Waals surface area contributed by atoms with E-state index in [1.807, 2.05) is 0 Å². The van der Waals surface area contributed by atoms with E-state index in [4.69, 9.17) is 10.5 Å². The summed E-state index contributed by atoms with van der Waals surface area (Å²) in [5.41, 5.74) is 6.59. The summed E-state index contributed by atoms with van der Waals surface area (Å²) in [6.07, 6.45) is 11.0. The Hall–Kier alpha value is -0.880. The minimum Gasteiger partial charge on any atom is -1.00 e. The SMILES string of the molecule is CCCCCCCCCCCC(=O)OC(=O)C(N)Cc1ccc(O)cc1.[H-].[Na+]. The molecule has 1 rings (SSSR count). The third-order valence-electron chi connectivity index (χ3n) is 4.39. The van der Waals surface area contributed by atoms with Crippen LogP contribution in [0.4, 0.5) is 0 Å². The molecule has 1 atom stereocenters. The predicted molar refractivity (Wildman–Crippen MR) is 104 cm³/mol. The monoisotopic (exact) mass is 387 g/mol. The molecule has 0 saturated carbocycles.